The molecule has 0 radical (unpaired) electrons. The van der Waals surface area contributed by atoms with Crippen LogP contribution in [0.5, 0.6) is 0 Å². The van der Waals surface area contributed by atoms with Crippen molar-refractivity contribution in [1.82, 2.24) is 29.7 Å². The highest BCUT2D eigenvalue weighted by molar-refractivity contribution is 6.07. The summed E-state index contributed by atoms with van der Waals surface area (Å²) >= 11 is 0. The minimum atomic E-state index is -0.487. The highest BCUT2D eigenvalue weighted by Gasteiger charge is 2.22. The summed E-state index contributed by atoms with van der Waals surface area (Å²) in [6, 6.07) is 10.2. The fourth-order valence-corrected chi connectivity index (χ4v) is 5.36. The minimum absolute atomic E-state index is 0.0190. The molecule has 2 aromatic carbocycles. The maximum atomic E-state index is 15.0. The lowest BCUT2D eigenvalue weighted by Crippen LogP contribution is -2.41. The molecule has 0 aliphatic carbocycles. The van der Waals surface area contributed by atoms with Crippen LogP contribution >= 0.6 is 0 Å². The van der Waals surface area contributed by atoms with Gasteiger partial charge in [0.25, 0.3) is 5.91 Å². The lowest BCUT2D eigenvalue weighted by atomic mass is 10.00. The number of hydrogen-bond acceptors (Lipinski definition) is 4. The predicted octanol–water partition coefficient (Wildman–Crippen LogP) is 5.89. The monoisotopic (exact) mass is 551 g/mol. The van der Waals surface area contributed by atoms with Gasteiger partial charge < -0.3 is 25.1 Å². The van der Waals surface area contributed by atoms with Gasteiger partial charge in [-0.25, -0.2) is 19.2 Å². The molecule has 0 fully saturated rings. The smallest absolute Gasteiger partial charge is 0.319 e. The van der Waals surface area contributed by atoms with E-state index in [4.69, 9.17) is 0 Å². The first-order valence-electron chi connectivity index (χ1n) is 13.4. The molecule has 0 spiro atoms. The molecule has 0 bridgehead atoms. The molecule has 41 heavy (non-hydrogen) atoms. The molecule has 9 nitrogen and oxygen atoms in total. The van der Waals surface area contributed by atoms with E-state index in [-0.39, 0.29) is 11.9 Å². The molecular weight excluding hydrogens is 521 g/mol. The van der Waals surface area contributed by atoms with E-state index >= 15 is 0 Å². The van der Waals surface area contributed by atoms with Crippen LogP contribution in [0, 0.1) is 19.7 Å². The average Bonchev–Trinajstić information content (AvgIpc) is 3.57. The third-order valence-electron chi connectivity index (χ3n) is 7.66. The van der Waals surface area contributed by atoms with Crippen LogP contribution < -0.4 is 5.32 Å². The second-order valence-electron chi connectivity index (χ2n) is 10.6. The normalized spacial score (nSPS) is 13.5. The molecular formula is C31H30FN7O2. The maximum absolute atomic E-state index is 15.0. The Morgan fingerprint density at radius 1 is 1.07 bits per heavy atom. The van der Waals surface area contributed by atoms with Crippen LogP contribution in [0.25, 0.3) is 38.8 Å². The number of H-pyrrole nitrogens is 2. The number of carbonyl (C=O) groups excluding carboxylic acids is 2. The SMILES string of the molecule is Cc1c(NC(=O)c2ccc3c(C)c[nH]c3c2)cc(F)cc1-c1ncnc2[nH]c(C3=CCN(C(=O)N(C)C)CC3)cc12. The highest BCUT2D eigenvalue weighted by Crippen LogP contribution is 2.35. The number of anilines is 1. The van der Waals surface area contributed by atoms with Gasteiger partial charge in [0.15, 0.2) is 0 Å². The fraction of sp³-hybridized carbons (Fsp3) is 0.226. The average molecular weight is 552 g/mol. The predicted molar refractivity (Wildman–Crippen MR) is 158 cm³/mol. The molecule has 0 unspecified atom stereocenters. The van der Waals surface area contributed by atoms with Gasteiger partial charge in [0.05, 0.1) is 5.69 Å². The van der Waals surface area contributed by atoms with E-state index in [1.165, 1.54) is 18.5 Å². The number of rotatable bonds is 4. The van der Waals surface area contributed by atoms with Crippen molar-refractivity contribution in [3.63, 3.8) is 0 Å². The van der Waals surface area contributed by atoms with Crippen molar-refractivity contribution in [2.75, 3.05) is 32.5 Å². The van der Waals surface area contributed by atoms with Crippen molar-refractivity contribution >= 4 is 45.1 Å². The van der Waals surface area contributed by atoms with E-state index in [1.807, 2.05) is 38.3 Å². The Balaban J connectivity index is 1.32. The number of benzene rings is 2. The lowest BCUT2D eigenvalue weighted by Gasteiger charge is -2.28. The van der Waals surface area contributed by atoms with Crippen LogP contribution in [0.15, 0.2) is 55.0 Å². The molecule has 3 N–H and O–H groups in total. The minimum Gasteiger partial charge on any atom is -0.361 e. The van der Waals surface area contributed by atoms with Crippen LogP contribution in [-0.2, 0) is 0 Å². The van der Waals surface area contributed by atoms with Crippen molar-refractivity contribution < 1.29 is 14.0 Å². The number of hydrogen-bond donors (Lipinski definition) is 3. The molecule has 0 atom stereocenters. The van der Waals surface area contributed by atoms with Gasteiger partial charge in [0.2, 0.25) is 0 Å². The van der Waals surface area contributed by atoms with Crippen molar-refractivity contribution in [1.29, 1.82) is 0 Å². The van der Waals surface area contributed by atoms with Crippen LogP contribution in [0.4, 0.5) is 14.9 Å². The summed E-state index contributed by atoms with van der Waals surface area (Å²) in [5.74, 6) is -0.818. The number of aryl methyl sites for hydroxylation is 1. The number of nitrogens with one attached hydrogen (secondary N) is 3. The van der Waals surface area contributed by atoms with Crippen molar-refractivity contribution in [3.05, 3.63) is 83.2 Å². The lowest BCUT2D eigenvalue weighted by molar-refractivity contribution is 0.102. The van der Waals surface area contributed by atoms with Gasteiger partial charge in [-0.1, -0.05) is 12.1 Å². The summed E-state index contributed by atoms with van der Waals surface area (Å²) in [7, 11) is 3.49. The van der Waals surface area contributed by atoms with Crippen LogP contribution in [0.1, 0.15) is 33.6 Å². The van der Waals surface area contributed by atoms with Gasteiger partial charge in [0.1, 0.15) is 17.8 Å². The number of fused-ring (bicyclic) bond motifs is 2. The summed E-state index contributed by atoms with van der Waals surface area (Å²) in [6.45, 7) is 4.97. The summed E-state index contributed by atoms with van der Waals surface area (Å²) < 4.78 is 15.0. The Labute approximate surface area is 236 Å². The van der Waals surface area contributed by atoms with Crippen LogP contribution in [-0.4, -0.2) is 68.9 Å². The molecule has 1 aliphatic rings. The topological polar surface area (TPSA) is 110 Å². The van der Waals surface area contributed by atoms with E-state index in [0.717, 1.165) is 33.1 Å². The molecule has 3 aromatic heterocycles. The number of aromatic amines is 2. The van der Waals surface area contributed by atoms with E-state index in [0.29, 0.717) is 53.2 Å². The first kappa shape index (κ1) is 26.2. The van der Waals surface area contributed by atoms with Gasteiger partial charge in [-0.05, 0) is 67.3 Å². The zero-order valence-corrected chi connectivity index (χ0v) is 23.3. The zero-order chi connectivity index (χ0) is 28.8. The fourth-order valence-electron chi connectivity index (χ4n) is 5.36. The largest absolute Gasteiger partial charge is 0.361 e. The number of urea groups is 1. The molecule has 4 heterocycles. The molecule has 0 saturated carbocycles. The Hall–Kier alpha value is -4.99. The number of halogens is 1. The molecule has 1 aliphatic heterocycles. The molecule has 5 aromatic rings. The second-order valence-corrected chi connectivity index (χ2v) is 10.6. The van der Waals surface area contributed by atoms with Gasteiger partial charge in [0, 0.05) is 72.2 Å². The summed E-state index contributed by atoms with van der Waals surface area (Å²) in [5, 5.41) is 4.68. The number of nitrogens with zero attached hydrogens (tertiary/aromatic N) is 4. The Kier molecular flexibility index (Phi) is 6.53. The Morgan fingerprint density at radius 2 is 1.90 bits per heavy atom. The van der Waals surface area contributed by atoms with E-state index in [1.54, 1.807) is 36.0 Å². The number of carbonyl (C=O) groups is 2. The summed E-state index contributed by atoms with van der Waals surface area (Å²) in [4.78, 5) is 44.3. The summed E-state index contributed by atoms with van der Waals surface area (Å²) in [5.41, 5.74) is 7.21. The maximum Gasteiger partial charge on any atom is 0.319 e. The standard InChI is InChI=1S/C31H30FN7O2/c1-17-15-33-27-11-20(5-6-22(17)27)30(40)37-25-13-21(32)12-23(18(25)2)28-24-14-26(36-29(24)35-16-34-28)19-7-9-39(10-8-19)31(41)38(3)4/h5-7,11-16,33H,8-10H2,1-4H3,(H,37,40)(H,34,35,36). The van der Waals surface area contributed by atoms with Crippen LogP contribution in [0.2, 0.25) is 0 Å². The van der Waals surface area contributed by atoms with E-state index in [2.05, 4.69) is 25.3 Å². The first-order chi connectivity index (χ1) is 19.7. The van der Waals surface area contributed by atoms with Gasteiger partial charge in [-0.3, -0.25) is 4.79 Å². The highest BCUT2D eigenvalue weighted by atomic mass is 19.1. The van der Waals surface area contributed by atoms with Crippen molar-refractivity contribution in [2.24, 2.45) is 0 Å². The Morgan fingerprint density at radius 3 is 2.66 bits per heavy atom. The quantitative estimate of drug-likeness (QED) is 0.259. The molecule has 10 heteroatoms. The number of aromatic nitrogens is 4. The number of amides is 3. The zero-order valence-electron chi connectivity index (χ0n) is 23.3. The molecule has 3 amide bonds. The first-order valence-corrected chi connectivity index (χ1v) is 13.4. The van der Waals surface area contributed by atoms with Crippen LogP contribution in [0.3, 0.4) is 0 Å². The van der Waals surface area contributed by atoms with Crippen molar-refractivity contribution in [2.45, 2.75) is 20.3 Å². The van der Waals surface area contributed by atoms with E-state index in [9.17, 15) is 14.0 Å². The summed E-state index contributed by atoms with van der Waals surface area (Å²) in [6.07, 6.45) is 6.07. The van der Waals surface area contributed by atoms with E-state index < -0.39 is 5.82 Å². The second kappa shape index (κ2) is 10.2. The van der Waals surface area contributed by atoms with Gasteiger partial charge in [-0.15, -0.1) is 0 Å². The molecule has 0 saturated heterocycles. The third kappa shape index (κ3) is 4.82. The third-order valence-corrected chi connectivity index (χ3v) is 7.66. The molecule has 208 valence electrons. The Bertz CT molecular complexity index is 1870. The van der Waals surface area contributed by atoms with Gasteiger partial charge in [-0.2, -0.15) is 0 Å². The van der Waals surface area contributed by atoms with Gasteiger partial charge >= 0.3 is 6.03 Å². The molecule has 6 rings (SSSR count). The van der Waals surface area contributed by atoms with Crippen molar-refractivity contribution in [3.8, 4) is 11.3 Å².